The summed E-state index contributed by atoms with van der Waals surface area (Å²) < 4.78 is 5.64. The van der Waals surface area contributed by atoms with Crippen molar-refractivity contribution in [2.24, 2.45) is 0 Å². The molecule has 0 N–H and O–H groups in total. The zero-order valence-corrected chi connectivity index (χ0v) is 13.1. The van der Waals surface area contributed by atoms with Gasteiger partial charge in [0.2, 0.25) is 0 Å². The number of ether oxygens (including phenoxy) is 1. The van der Waals surface area contributed by atoms with Crippen LogP contribution < -0.4 is 4.74 Å². The lowest BCUT2D eigenvalue weighted by molar-refractivity contribution is -0.117. The molecule has 19 heavy (non-hydrogen) atoms. The summed E-state index contributed by atoms with van der Waals surface area (Å²) in [5.74, 6) is 1.13. The van der Waals surface area contributed by atoms with Crippen molar-refractivity contribution in [2.45, 2.75) is 46.0 Å². The van der Waals surface area contributed by atoms with E-state index in [9.17, 15) is 4.79 Å². The average Bonchev–Trinajstić information content (AvgIpc) is 2.33. The quantitative estimate of drug-likeness (QED) is 0.687. The van der Waals surface area contributed by atoms with E-state index < -0.39 is 0 Å². The fourth-order valence-electron chi connectivity index (χ4n) is 2.14. The van der Waals surface area contributed by atoms with Gasteiger partial charge in [-0.25, -0.2) is 0 Å². The van der Waals surface area contributed by atoms with Crippen molar-refractivity contribution in [2.75, 3.05) is 6.61 Å². The van der Waals surface area contributed by atoms with Crippen LogP contribution in [-0.4, -0.2) is 12.4 Å². The van der Waals surface area contributed by atoms with Crippen LogP contribution in [0.3, 0.4) is 0 Å². The van der Waals surface area contributed by atoms with E-state index in [2.05, 4.69) is 6.92 Å². The maximum atomic E-state index is 11.2. The molecular formula is C15H20Cl2O2. The molecule has 0 saturated carbocycles. The highest BCUT2D eigenvalue weighted by Gasteiger charge is 2.18. The number of carbonyl (C=O) groups excluding carboxylic acids is 1. The molecule has 1 rings (SSSR count). The molecule has 4 heteroatoms. The van der Waals surface area contributed by atoms with Crippen LogP contribution in [0.1, 0.15) is 51.5 Å². The van der Waals surface area contributed by atoms with Crippen molar-refractivity contribution in [3.05, 3.63) is 27.7 Å². The fraction of sp³-hybridized carbons (Fsp3) is 0.533. The van der Waals surface area contributed by atoms with Crippen molar-refractivity contribution in [1.29, 1.82) is 0 Å². The van der Waals surface area contributed by atoms with Gasteiger partial charge >= 0.3 is 0 Å². The number of carbonyl (C=O) groups is 1. The van der Waals surface area contributed by atoms with Gasteiger partial charge in [0.05, 0.1) is 11.6 Å². The predicted octanol–water partition coefficient (Wildman–Crippen LogP) is 5.25. The molecule has 0 aliphatic carbocycles. The monoisotopic (exact) mass is 302 g/mol. The third kappa shape index (κ3) is 4.70. The standard InChI is InChI=1S/C15H20Cl2O2/c1-4-11(7-6-10(3)18)13-8-12(16)9-14(17)15(13)19-5-2/h8-9,11H,4-7H2,1-3H3. The molecule has 0 spiro atoms. The van der Waals surface area contributed by atoms with E-state index in [0.717, 1.165) is 18.4 Å². The highest BCUT2D eigenvalue weighted by Crippen LogP contribution is 2.39. The maximum absolute atomic E-state index is 11.2. The summed E-state index contributed by atoms with van der Waals surface area (Å²) in [6.45, 7) is 6.18. The van der Waals surface area contributed by atoms with E-state index in [4.69, 9.17) is 27.9 Å². The van der Waals surface area contributed by atoms with Gasteiger partial charge in [0.15, 0.2) is 0 Å². The molecule has 0 amide bonds. The second-order valence-electron chi connectivity index (χ2n) is 4.58. The third-order valence-corrected chi connectivity index (χ3v) is 3.60. The largest absolute Gasteiger partial charge is 0.492 e. The summed E-state index contributed by atoms with van der Waals surface area (Å²) in [5.41, 5.74) is 1.00. The second kappa shape index (κ2) is 7.76. The van der Waals surface area contributed by atoms with Crippen LogP contribution >= 0.6 is 23.2 Å². The number of benzene rings is 1. The van der Waals surface area contributed by atoms with Gasteiger partial charge in [-0.2, -0.15) is 0 Å². The molecular weight excluding hydrogens is 283 g/mol. The van der Waals surface area contributed by atoms with Crippen molar-refractivity contribution in [1.82, 2.24) is 0 Å². The number of ketones is 1. The summed E-state index contributed by atoms with van der Waals surface area (Å²) >= 11 is 12.3. The van der Waals surface area contributed by atoms with Crippen LogP contribution in [-0.2, 0) is 4.79 Å². The Morgan fingerprint density at radius 2 is 2.00 bits per heavy atom. The highest BCUT2D eigenvalue weighted by molar-refractivity contribution is 6.35. The lowest BCUT2D eigenvalue weighted by Crippen LogP contribution is -2.05. The molecule has 0 aromatic heterocycles. The molecule has 1 atom stereocenters. The first-order chi connectivity index (χ1) is 8.99. The van der Waals surface area contributed by atoms with Crippen molar-refractivity contribution >= 4 is 29.0 Å². The first kappa shape index (κ1) is 16.3. The van der Waals surface area contributed by atoms with Crippen LogP contribution in [0.25, 0.3) is 0 Å². The molecule has 2 nitrogen and oxygen atoms in total. The molecule has 0 radical (unpaired) electrons. The van der Waals surface area contributed by atoms with Crippen molar-refractivity contribution in [3.8, 4) is 5.75 Å². The van der Waals surface area contributed by atoms with E-state index >= 15 is 0 Å². The van der Waals surface area contributed by atoms with Gasteiger partial charge in [-0.3, -0.25) is 0 Å². The first-order valence-electron chi connectivity index (χ1n) is 6.60. The Kier molecular flexibility index (Phi) is 6.67. The summed E-state index contributed by atoms with van der Waals surface area (Å²) in [5, 5.41) is 1.13. The summed E-state index contributed by atoms with van der Waals surface area (Å²) in [7, 11) is 0. The van der Waals surface area contributed by atoms with Crippen LogP contribution in [0.5, 0.6) is 5.75 Å². The smallest absolute Gasteiger partial charge is 0.141 e. The molecule has 0 saturated heterocycles. The van der Waals surface area contributed by atoms with Crippen molar-refractivity contribution in [3.63, 3.8) is 0 Å². The van der Waals surface area contributed by atoms with Gasteiger partial charge in [-0.1, -0.05) is 30.1 Å². The number of hydrogen-bond donors (Lipinski definition) is 0. The van der Waals surface area contributed by atoms with E-state index in [1.807, 2.05) is 13.0 Å². The van der Waals surface area contributed by atoms with Crippen LogP contribution in [0.15, 0.2) is 12.1 Å². The lowest BCUT2D eigenvalue weighted by Gasteiger charge is -2.20. The van der Waals surface area contributed by atoms with Gasteiger partial charge in [0.1, 0.15) is 11.5 Å². The minimum Gasteiger partial charge on any atom is -0.492 e. The summed E-state index contributed by atoms with van der Waals surface area (Å²) in [6, 6.07) is 3.59. The zero-order valence-electron chi connectivity index (χ0n) is 11.6. The van der Waals surface area contributed by atoms with E-state index in [-0.39, 0.29) is 11.7 Å². The van der Waals surface area contributed by atoms with Crippen LogP contribution in [0.2, 0.25) is 10.0 Å². The molecule has 0 heterocycles. The van der Waals surface area contributed by atoms with Gasteiger partial charge in [0.25, 0.3) is 0 Å². The summed E-state index contributed by atoms with van der Waals surface area (Å²) in [4.78, 5) is 11.2. The Labute approximate surface area is 125 Å². The third-order valence-electron chi connectivity index (χ3n) is 3.10. The van der Waals surface area contributed by atoms with E-state index in [1.54, 1.807) is 13.0 Å². The normalized spacial score (nSPS) is 12.3. The Hall–Kier alpha value is -0.730. The molecule has 1 aromatic carbocycles. The van der Waals surface area contributed by atoms with Gasteiger partial charge < -0.3 is 9.53 Å². The molecule has 106 valence electrons. The van der Waals surface area contributed by atoms with E-state index in [0.29, 0.717) is 28.8 Å². The number of rotatable bonds is 7. The molecule has 1 aromatic rings. The average molecular weight is 303 g/mol. The molecule has 0 aliphatic rings. The minimum atomic E-state index is 0.199. The second-order valence-corrected chi connectivity index (χ2v) is 5.43. The predicted molar refractivity (Wildman–Crippen MR) is 80.6 cm³/mol. The number of hydrogen-bond acceptors (Lipinski definition) is 2. The first-order valence-corrected chi connectivity index (χ1v) is 7.36. The highest BCUT2D eigenvalue weighted by atomic mass is 35.5. The molecule has 0 bridgehead atoms. The molecule has 0 aliphatic heterocycles. The SMILES string of the molecule is CCOc1c(Cl)cc(Cl)cc1C(CC)CCC(C)=O. The Bertz CT molecular complexity index is 444. The Balaban J connectivity index is 3.09. The Morgan fingerprint density at radius 1 is 1.32 bits per heavy atom. The van der Waals surface area contributed by atoms with Gasteiger partial charge in [-0.05, 0) is 44.7 Å². The molecule has 0 fully saturated rings. The molecule has 1 unspecified atom stereocenters. The minimum absolute atomic E-state index is 0.199. The van der Waals surface area contributed by atoms with Gasteiger partial charge in [0, 0.05) is 17.0 Å². The zero-order chi connectivity index (χ0) is 14.4. The number of Topliss-reactive ketones (excluding diaryl/α,β-unsaturated/α-hetero) is 1. The van der Waals surface area contributed by atoms with Crippen molar-refractivity contribution < 1.29 is 9.53 Å². The Morgan fingerprint density at radius 3 is 2.53 bits per heavy atom. The fourth-order valence-corrected chi connectivity index (χ4v) is 2.70. The lowest BCUT2D eigenvalue weighted by atomic mass is 9.90. The number of halogens is 2. The van der Waals surface area contributed by atoms with Crippen LogP contribution in [0, 0.1) is 0 Å². The van der Waals surface area contributed by atoms with E-state index in [1.165, 1.54) is 0 Å². The summed E-state index contributed by atoms with van der Waals surface area (Å²) in [6.07, 6.45) is 2.28. The van der Waals surface area contributed by atoms with Gasteiger partial charge in [-0.15, -0.1) is 0 Å². The maximum Gasteiger partial charge on any atom is 0.141 e. The van der Waals surface area contributed by atoms with Crippen LogP contribution in [0.4, 0.5) is 0 Å². The topological polar surface area (TPSA) is 26.3 Å².